The van der Waals surface area contributed by atoms with E-state index < -0.39 is 5.60 Å². The first kappa shape index (κ1) is 14.4. The highest BCUT2D eigenvalue weighted by molar-refractivity contribution is 5.16. The SMILES string of the molecule is NCC1(O)CCC(COCc2ccccc2F)CC1. The van der Waals surface area contributed by atoms with Gasteiger partial charge in [0, 0.05) is 18.7 Å². The zero-order valence-corrected chi connectivity index (χ0v) is 11.1. The highest BCUT2D eigenvalue weighted by atomic mass is 19.1. The van der Waals surface area contributed by atoms with Crippen LogP contribution in [0.25, 0.3) is 0 Å². The lowest BCUT2D eigenvalue weighted by molar-refractivity contribution is -0.0193. The third kappa shape index (κ3) is 4.00. The highest BCUT2D eigenvalue weighted by Crippen LogP contribution is 2.31. The number of benzene rings is 1. The van der Waals surface area contributed by atoms with E-state index in [1.165, 1.54) is 6.07 Å². The minimum Gasteiger partial charge on any atom is -0.389 e. The van der Waals surface area contributed by atoms with Gasteiger partial charge in [-0.3, -0.25) is 0 Å². The molecule has 0 atom stereocenters. The van der Waals surface area contributed by atoms with Crippen LogP contribution < -0.4 is 5.73 Å². The Morgan fingerprint density at radius 3 is 2.63 bits per heavy atom. The Morgan fingerprint density at radius 1 is 1.32 bits per heavy atom. The van der Waals surface area contributed by atoms with E-state index in [1.807, 2.05) is 6.07 Å². The van der Waals surface area contributed by atoms with Crippen LogP contribution in [0.4, 0.5) is 4.39 Å². The normalized spacial score (nSPS) is 27.4. The van der Waals surface area contributed by atoms with Crippen LogP contribution in [0.5, 0.6) is 0 Å². The number of hydrogen-bond donors (Lipinski definition) is 2. The van der Waals surface area contributed by atoms with Gasteiger partial charge in [0.05, 0.1) is 12.2 Å². The fourth-order valence-corrected chi connectivity index (χ4v) is 2.54. The summed E-state index contributed by atoms with van der Waals surface area (Å²) in [6, 6.07) is 6.67. The first-order chi connectivity index (χ1) is 9.13. The van der Waals surface area contributed by atoms with Gasteiger partial charge in [-0.25, -0.2) is 4.39 Å². The molecular formula is C15H22FNO2. The van der Waals surface area contributed by atoms with Gasteiger partial charge in [-0.1, -0.05) is 18.2 Å². The summed E-state index contributed by atoms with van der Waals surface area (Å²) in [6.07, 6.45) is 3.31. The molecular weight excluding hydrogens is 245 g/mol. The molecule has 0 radical (unpaired) electrons. The van der Waals surface area contributed by atoms with Crippen LogP contribution in [-0.4, -0.2) is 23.9 Å². The second-order valence-electron chi connectivity index (χ2n) is 5.48. The minimum atomic E-state index is -0.679. The van der Waals surface area contributed by atoms with Crippen molar-refractivity contribution in [1.29, 1.82) is 0 Å². The highest BCUT2D eigenvalue weighted by Gasteiger charge is 2.31. The van der Waals surface area contributed by atoms with E-state index in [2.05, 4.69) is 0 Å². The van der Waals surface area contributed by atoms with Crippen molar-refractivity contribution in [2.75, 3.05) is 13.2 Å². The summed E-state index contributed by atoms with van der Waals surface area (Å²) in [7, 11) is 0. The molecule has 0 bridgehead atoms. The Morgan fingerprint density at radius 2 is 2.00 bits per heavy atom. The van der Waals surface area contributed by atoms with Crippen LogP contribution >= 0.6 is 0 Å². The zero-order valence-electron chi connectivity index (χ0n) is 11.1. The van der Waals surface area contributed by atoms with Crippen molar-refractivity contribution in [3.63, 3.8) is 0 Å². The summed E-state index contributed by atoms with van der Waals surface area (Å²) >= 11 is 0. The van der Waals surface area contributed by atoms with Crippen LogP contribution in [0.15, 0.2) is 24.3 Å². The maximum atomic E-state index is 13.4. The average Bonchev–Trinajstić information content (AvgIpc) is 2.43. The third-order valence-corrected chi connectivity index (χ3v) is 3.98. The smallest absolute Gasteiger partial charge is 0.128 e. The predicted octanol–water partition coefficient (Wildman–Crippen LogP) is 2.22. The van der Waals surface area contributed by atoms with E-state index >= 15 is 0 Å². The monoisotopic (exact) mass is 267 g/mol. The van der Waals surface area contributed by atoms with Crippen LogP contribution in [0.3, 0.4) is 0 Å². The van der Waals surface area contributed by atoms with Gasteiger partial charge < -0.3 is 15.6 Å². The summed E-state index contributed by atoms with van der Waals surface area (Å²) in [6.45, 7) is 1.26. The summed E-state index contributed by atoms with van der Waals surface area (Å²) in [5, 5.41) is 10.0. The molecule has 0 amide bonds. The molecule has 3 nitrogen and oxygen atoms in total. The molecule has 0 spiro atoms. The Bertz CT molecular complexity index is 403. The molecule has 1 fully saturated rings. The van der Waals surface area contributed by atoms with Gasteiger partial charge >= 0.3 is 0 Å². The van der Waals surface area contributed by atoms with Crippen LogP contribution in [0, 0.1) is 11.7 Å². The lowest BCUT2D eigenvalue weighted by Gasteiger charge is -2.34. The molecule has 0 heterocycles. The Labute approximate surface area is 113 Å². The van der Waals surface area contributed by atoms with E-state index in [0.717, 1.165) is 25.7 Å². The predicted molar refractivity (Wildman–Crippen MR) is 72.0 cm³/mol. The topological polar surface area (TPSA) is 55.5 Å². The maximum Gasteiger partial charge on any atom is 0.128 e. The molecule has 2 rings (SSSR count). The molecule has 0 unspecified atom stereocenters. The zero-order chi connectivity index (χ0) is 13.7. The number of nitrogens with two attached hydrogens (primary N) is 1. The van der Waals surface area contributed by atoms with Gasteiger partial charge in [-0.2, -0.15) is 0 Å². The van der Waals surface area contributed by atoms with Crippen LogP contribution in [0.1, 0.15) is 31.2 Å². The van der Waals surface area contributed by atoms with Crippen molar-refractivity contribution >= 4 is 0 Å². The maximum absolute atomic E-state index is 13.4. The standard InChI is InChI=1S/C15H22FNO2/c16-14-4-2-1-3-13(14)10-19-9-12-5-7-15(18,11-17)8-6-12/h1-4,12,18H,5-11,17H2. The number of halogens is 1. The van der Waals surface area contributed by atoms with Crippen molar-refractivity contribution in [2.45, 2.75) is 37.9 Å². The fourth-order valence-electron chi connectivity index (χ4n) is 2.54. The average molecular weight is 267 g/mol. The number of aliphatic hydroxyl groups is 1. The van der Waals surface area contributed by atoms with Crippen molar-refractivity contribution < 1.29 is 14.2 Å². The largest absolute Gasteiger partial charge is 0.389 e. The molecule has 1 saturated carbocycles. The lowest BCUT2D eigenvalue weighted by atomic mass is 9.79. The van der Waals surface area contributed by atoms with Crippen molar-refractivity contribution in [3.05, 3.63) is 35.6 Å². The lowest BCUT2D eigenvalue weighted by Crippen LogP contribution is -2.41. The van der Waals surface area contributed by atoms with Crippen molar-refractivity contribution in [3.8, 4) is 0 Å². The van der Waals surface area contributed by atoms with Crippen LogP contribution in [-0.2, 0) is 11.3 Å². The minimum absolute atomic E-state index is 0.219. The molecule has 1 aliphatic rings. The number of hydrogen-bond acceptors (Lipinski definition) is 3. The third-order valence-electron chi connectivity index (χ3n) is 3.98. The molecule has 106 valence electrons. The molecule has 1 aromatic carbocycles. The Kier molecular flexibility index (Phi) is 4.91. The quantitative estimate of drug-likeness (QED) is 0.860. The first-order valence-corrected chi connectivity index (χ1v) is 6.86. The molecule has 3 N–H and O–H groups in total. The van der Waals surface area contributed by atoms with E-state index in [4.69, 9.17) is 10.5 Å². The molecule has 4 heteroatoms. The summed E-state index contributed by atoms with van der Waals surface area (Å²) < 4.78 is 19.0. The van der Waals surface area contributed by atoms with Crippen molar-refractivity contribution in [1.82, 2.24) is 0 Å². The molecule has 1 aromatic rings. The molecule has 1 aliphatic carbocycles. The summed E-state index contributed by atoms with van der Waals surface area (Å²) in [4.78, 5) is 0. The Balaban J connectivity index is 1.72. The van der Waals surface area contributed by atoms with Crippen LogP contribution in [0.2, 0.25) is 0 Å². The van der Waals surface area contributed by atoms with Gasteiger partial charge in [-0.05, 0) is 37.7 Å². The van der Waals surface area contributed by atoms with Gasteiger partial charge in [0.2, 0.25) is 0 Å². The fraction of sp³-hybridized carbons (Fsp3) is 0.600. The van der Waals surface area contributed by atoms with Gasteiger partial charge in [0.1, 0.15) is 5.82 Å². The van der Waals surface area contributed by atoms with Gasteiger partial charge in [0.25, 0.3) is 0 Å². The van der Waals surface area contributed by atoms with Crippen molar-refractivity contribution in [2.24, 2.45) is 11.7 Å². The molecule has 0 saturated heterocycles. The molecule has 0 aromatic heterocycles. The molecule has 0 aliphatic heterocycles. The van der Waals surface area contributed by atoms with E-state index in [9.17, 15) is 9.50 Å². The second kappa shape index (κ2) is 6.46. The summed E-state index contributed by atoms with van der Waals surface area (Å²) in [5.74, 6) is 0.224. The van der Waals surface area contributed by atoms with E-state index in [1.54, 1.807) is 12.1 Å². The second-order valence-corrected chi connectivity index (χ2v) is 5.48. The summed E-state index contributed by atoms with van der Waals surface area (Å²) in [5.41, 5.74) is 5.47. The molecule has 19 heavy (non-hydrogen) atoms. The van der Waals surface area contributed by atoms with E-state index in [-0.39, 0.29) is 5.82 Å². The van der Waals surface area contributed by atoms with Gasteiger partial charge in [0.15, 0.2) is 0 Å². The first-order valence-electron chi connectivity index (χ1n) is 6.86. The Hall–Kier alpha value is -0.970. The number of rotatable bonds is 5. The van der Waals surface area contributed by atoms with Gasteiger partial charge in [-0.15, -0.1) is 0 Å². The van der Waals surface area contributed by atoms with E-state index in [0.29, 0.717) is 31.2 Å². The number of ether oxygens (including phenoxy) is 1.